The van der Waals surface area contributed by atoms with E-state index in [1.807, 2.05) is 0 Å². The summed E-state index contributed by atoms with van der Waals surface area (Å²) in [5.41, 5.74) is -1.28. The van der Waals surface area contributed by atoms with Crippen LogP contribution in [0.15, 0.2) is 18.2 Å². The first-order valence-electron chi connectivity index (χ1n) is 5.60. The van der Waals surface area contributed by atoms with Crippen LogP contribution in [0.4, 0.5) is 5.69 Å². The lowest BCUT2D eigenvalue weighted by molar-refractivity contribution is -0.384. The highest BCUT2D eigenvalue weighted by atomic mass is 35.5. The summed E-state index contributed by atoms with van der Waals surface area (Å²) in [7, 11) is 0. The Morgan fingerprint density at radius 3 is 2.50 bits per heavy atom. The van der Waals surface area contributed by atoms with Gasteiger partial charge in [-0.1, -0.05) is 11.6 Å². The van der Waals surface area contributed by atoms with Crippen molar-refractivity contribution in [2.45, 2.75) is 13.8 Å². The fourth-order valence-corrected chi connectivity index (χ4v) is 1.52. The maximum Gasteiger partial charge on any atom is 0.310 e. The quantitative estimate of drug-likeness (QED) is 0.639. The number of hydrogen-bond donors (Lipinski definition) is 2. The van der Waals surface area contributed by atoms with Gasteiger partial charge in [0.15, 0.2) is 0 Å². The summed E-state index contributed by atoms with van der Waals surface area (Å²) >= 11 is 5.69. The van der Waals surface area contributed by atoms with Gasteiger partial charge >= 0.3 is 5.97 Å². The standard InChI is InChI=1S/C12H13ClN2O5/c1-12(2,11(17)18)6-14-10(16)7-3-4-9(15(19)20)8(13)5-7/h3-5H,6H2,1-2H3,(H,14,16)(H,17,18). The van der Waals surface area contributed by atoms with Crippen molar-refractivity contribution in [2.75, 3.05) is 6.54 Å². The Kier molecular flexibility index (Phi) is 4.67. The number of carboxylic acids is 1. The van der Waals surface area contributed by atoms with Crippen molar-refractivity contribution < 1.29 is 19.6 Å². The minimum Gasteiger partial charge on any atom is -0.481 e. The molecule has 7 nitrogen and oxygen atoms in total. The normalized spacial score (nSPS) is 10.9. The highest BCUT2D eigenvalue weighted by Crippen LogP contribution is 2.25. The predicted molar refractivity (Wildman–Crippen MR) is 71.9 cm³/mol. The molecule has 0 radical (unpaired) electrons. The van der Waals surface area contributed by atoms with E-state index in [2.05, 4.69) is 5.32 Å². The van der Waals surface area contributed by atoms with Crippen molar-refractivity contribution >= 4 is 29.2 Å². The van der Waals surface area contributed by atoms with Crippen molar-refractivity contribution in [3.8, 4) is 0 Å². The highest BCUT2D eigenvalue weighted by Gasteiger charge is 2.27. The van der Waals surface area contributed by atoms with Crippen LogP contribution in [0.5, 0.6) is 0 Å². The Hall–Kier alpha value is -2.15. The van der Waals surface area contributed by atoms with Gasteiger partial charge in [-0.2, -0.15) is 0 Å². The number of amides is 1. The Morgan fingerprint density at radius 1 is 1.45 bits per heavy atom. The summed E-state index contributed by atoms with van der Waals surface area (Å²) in [6.45, 7) is 2.87. The molecule has 1 rings (SSSR count). The number of nitrogens with one attached hydrogen (secondary N) is 1. The van der Waals surface area contributed by atoms with Crippen molar-refractivity contribution in [1.82, 2.24) is 5.32 Å². The summed E-state index contributed by atoms with van der Waals surface area (Å²) in [6, 6.07) is 3.55. The Morgan fingerprint density at radius 2 is 2.05 bits per heavy atom. The van der Waals surface area contributed by atoms with Crippen LogP contribution < -0.4 is 5.32 Å². The van der Waals surface area contributed by atoms with E-state index in [-0.39, 0.29) is 22.8 Å². The number of benzene rings is 1. The summed E-state index contributed by atoms with van der Waals surface area (Å²) in [6.07, 6.45) is 0. The number of carbonyl (C=O) groups is 2. The van der Waals surface area contributed by atoms with Crippen LogP contribution in [0.25, 0.3) is 0 Å². The molecule has 0 spiro atoms. The number of halogens is 1. The van der Waals surface area contributed by atoms with Crippen LogP contribution in [0.3, 0.4) is 0 Å². The second-order valence-electron chi connectivity index (χ2n) is 4.80. The van der Waals surface area contributed by atoms with Gasteiger partial charge in [0.2, 0.25) is 0 Å². The first-order valence-corrected chi connectivity index (χ1v) is 5.98. The van der Waals surface area contributed by atoms with Gasteiger partial charge in [-0.3, -0.25) is 19.7 Å². The maximum atomic E-state index is 11.8. The molecule has 1 aromatic carbocycles. The number of hydrogen-bond acceptors (Lipinski definition) is 4. The molecular weight excluding hydrogens is 288 g/mol. The van der Waals surface area contributed by atoms with Crippen molar-refractivity contribution in [3.05, 3.63) is 38.9 Å². The number of carbonyl (C=O) groups excluding carboxylic acids is 1. The van der Waals surface area contributed by atoms with Crippen molar-refractivity contribution in [3.63, 3.8) is 0 Å². The molecule has 0 saturated carbocycles. The second-order valence-corrected chi connectivity index (χ2v) is 5.20. The largest absolute Gasteiger partial charge is 0.481 e. The van der Waals surface area contributed by atoms with Crippen LogP contribution in [0, 0.1) is 15.5 Å². The van der Waals surface area contributed by atoms with Gasteiger partial charge in [-0.15, -0.1) is 0 Å². The van der Waals surface area contributed by atoms with Crippen molar-refractivity contribution in [1.29, 1.82) is 0 Å². The fourth-order valence-electron chi connectivity index (χ4n) is 1.28. The summed E-state index contributed by atoms with van der Waals surface area (Å²) < 4.78 is 0. The third kappa shape index (κ3) is 3.67. The zero-order valence-electron chi connectivity index (χ0n) is 10.8. The average molecular weight is 301 g/mol. The summed E-state index contributed by atoms with van der Waals surface area (Å²) in [4.78, 5) is 32.6. The fraction of sp³-hybridized carbons (Fsp3) is 0.333. The molecule has 1 amide bonds. The number of rotatable bonds is 5. The molecular formula is C12H13ClN2O5. The zero-order chi connectivity index (χ0) is 15.5. The van der Waals surface area contributed by atoms with Crippen LogP contribution >= 0.6 is 11.6 Å². The monoisotopic (exact) mass is 300 g/mol. The van der Waals surface area contributed by atoms with Gasteiger partial charge < -0.3 is 10.4 Å². The van der Waals surface area contributed by atoms with Crippen LogP contribution in [0.2, 0.25) is 5.02 Å². The van der Waals surface area contributed by atoms with E-state index in [0.29, 0.717) is 0 Å². The molecule has 0 fully saturated rings. The highest BCUT2D eigenvalue weighted by molar-refractivity contribution is 6.33. The van der Waals surface area contributed by atoms with Gasteiger partial charge in [0, 0.05) is 18.2 Å². The molecule has 2 N–H and O–H groups in total. The van der Waals surface area contributed by atoms with Gasteiger partial charge in [0.1, 0.15) is 5.02 Å². The second kappa shape index (κ2) is 5.87. The molecule has 0 heterocycles. The van der Waals surface area contributed by atoms with Crippen LogP contribution in [0.1, 0.15) is 24.2 Å². The minimum absolute atomic E-state index is 0.0736. The zero-order valence-corrected chi connectivity index (χ0v) is 11.6. The molecule has 108 valence electrons. The Bertz CT molecular complexity index is 571. The van der Waals surface area contributed by atoms with E-state index in [1.165, 1.54) is 26.0 Å². The summed E-state index contributed by atoms with van der Waals surface area (Å²) in [5.74, 6) is -1.59. The van der Waals surface area contributed by atoms with Gasteiger partial charge in [0.25, 0.3) is 11.6 Å². The van der Waals surface area contributed by atoms with Crippen molar-refractivity contribution in [2.24, 2.45) is 5.41 Å². The molecule has 1 aromatic rings. The predicted octanol–water partition coefficient (Wildman–Crippen LogP) is 2.09. The van der Waals surface area contributed by atoms with E-state index < -0.39 is 22.2 Å². The molecule has 0 bridgehead atoms. The topological polar surface area (TPSA) is 110 Å². The van der Waals surface area contributed by atoms with E-state index in [0.717, 1.165) is 6.07 Å². The number of carboxylic acid groups (broad SMARTS) is 1. The van der Waals surface area contributed by atoms with Crippen LogP contribution in [-0.4, -0.2) is 28.5 Å². The van der Waals surface area contributed by atoms with E-state index in [4.69, 9.17) is 16.7 Å². The van der Waals surface area contributed by atoms with E-state index in [9.17, 15) is 19.7 Å². The van der Waals surface area contributed by atoms with Gasteiger partial charge in [-0.05, 0) is 26.0 Å². The first-order chi connectivity index (χ1) is 9.15. The smallest absolute Gasteiger partial charge is 0.310 e. The minimum atomic E-state index is -1.11. The molecule has 8 heteroatoms. The van der Waals surface area contributed by atoms with Crippen LogP contribution in [-0.2, 0) is 4.79 Å². The van der Waals surface area contributed by atoms with E-state index in [1.54, 1.807) is 0 Å². The lowest BCUT2D eigenvalue weighted by atomic mass is 9.94. The number of nitro benzene ring substituents is 1. The van der Waals surface area contributed by atoms with Gasteiger partial charge in [-0.25, -0.2) is 0 Å². The molecule has 0 aromatic heterocycles. The lowest BCUT2D eigenvalue weighted by Gasteiger charge is -2.19. The molecule has 0 aliphatic heterocycles. The summed E-state index contributed by atoms with van der Waals surface area (Å²) in [5, 5.41) is 21.8. The molecule has 20 heavy (non-hydrogen) atoms. The third-order valence-electron chi connectivity index (χ3n) is 2.68. The van der Waals surface area contributed by atoms with E-state index >= 15 is 0 Å². The lowest BCUT2D eigenvalue weighted by Crippen LogP contribution is -2.38. The number of nitro groups is 1. The average Bonchev–Trinajstić information content (AvgIpc) is 2.35. The molecule has 0 aliphatic carbocycles. The molecule has 0 aliphatic rings. The molecule has 0 atom stereocenters. The Balaban J connectivity index is 2.82. The third-order valence-corrected chi connectivity index (χ3v) is 2.98. The van der Waals surface area contributed by atoms with Gasteiger partial charge in [0.05, 0.1) is 10.3 Å². The Labute approximate surface area is 119 Å². The first kappa shape index (κ1) is 15.9. The molecule has 0 saturated heterocycles. The maximum absolute atomic E-state index is 11.8. The number of aliphatic carboxylic acids is 1. The SMILES string of the molecule is CC(C)(CNC(=O)c1ccc([N+](=O)[O-])c(Cl)c1)C(=O)O. The molecule has 0 unspecified atom stereocenters. The number of nitrogens with zero attached hydrogens (tertiary/aromatic N) is 1.